The van der Waals surface area contributed by atoms with Crippen LogP contribution in [0.2, 0.25) is 0 Å². The van der Waals surface area contributed by atoms with Gasteiger partial charge in [-0.1, -0.05) is 12.5 Å². The summed E-state index contributed by atoms with van der Waals surface area (Å²) < 4.78 is 1.30. The van der Waals surface area contributed by atoms with Crippen molar-refractivity contribution in [2.24, 2.45) is 0 Å². The summed E-state index contributed by atoms with van der Waals surface area (Å²) in [5.74, 6) is 1.30. The Morgan fingerprint density at radius 3 is 2.96 bits per heavy atom. The minimum Gasteiger partial charge on any atom is -0.362 e. The van der Waals surface area contributed by atoms with Gasteiger partial charge in [0.1, 0.15) is 5.82 Å². The molecule has 3 nitrogen and oxygen atoms in total. The molecule has 1 N–H and O–H groups in total. The largest absolute Gasteiger partial charge is 0.362 e. The van der Waals surface area contributed by atoms with Crippen LogP contribution >= 0.6 is 11.3 Å². The second-order valence-corrected chi connectivity index (χ2v) is 8.24. The standard InChI is InChI=1S/C20H24N2OS/c1-14-6-4-3-5-10-22-18(23)13-20(2,21-19(14)22)16-7-8-17-15(12-16)9-11-24-17/h7-9,11-12,21H,3-6,10,13H2,1-2H3/t20-/m0/s1. The number of nitrogens with zero attached hydrogens (tertiary/aromatic N) is 1. The van der Waals surface area contributed by atoms with Crippen molar-refractivity contribution in [3.05, 3.63) is 46.6 Å². The molecule has 0 unspecified atom stereocenters. The summed E-state index contributed by atoms with van der Waals surface area (Å²) in [7, 11) is 0. The number of amides is 1. The van der Waals surface area contributed by atoms with Crippen LogP contribution in [0, 0.1) is 0 Å². The molecule has 0 spiro atoms. The van der Waals surface area contributed by atoms with E-state index in [-0.39, 0.29) is 11.4 Å². The summed E-state index contributed by atoms with van der Waals surface area (Å²) >= 11 is 1.76. The first-order valence-corrected chi connectivity index (χ1v) is 9.71. The molecule has 2 aliphatic rings. The van der Waals surface area contributed by atoms with Crippen LogP contribution in [0.1, 0.15) is 51.5 Å². The Morgan fingerprint density at radius 2 is 2.08 bits per heavy atom. The Bertz CT molecular complexity index is 822. The van der Waals surface area contributed by atoms with Gasteiger partial charge < -0.3 is 5.32 Å². The summed E-state index contributed by atoms with van der Waals surface area (Å²) in [6.45, 7) is 5.18. The number of allylic oxidation sites excluding steroid dienone is 1. The molecule has 1 fully saturated rings. The van der Waals surface area contributed by atoms with Crippen LogP contribution in [-0.2, 0) is 10.3 Å². The molecule has 0 radical (unpaired) electrons. The highest BCUT2D eigenvalue weighted by Gasteiger charge is 2.39. The van der Waals surface area contributed by atoms with Gasteiger partial charge in [0, 0.05) is 11.2 Å². The van der Waals surface area contributed by atoms with E-state index >= 15 is 0 Å². The molecule has 2 aliphatic heterocycles. The second-order valence-electron chi connectivity index (χ2n) is 7.29. The molecule has 3 heterocycles. The first-order valence-electron chi connectivity index (χ1n) is 8.83. The lowest BCUT2D eigenvalue weighted by Crippen LogP contribution is -2.55. The van der Waals surface area contributed by atoms with Gasteiger partial charge in [-0.2, -0.15) is 0 Å². The number of carbonyl (C=O) groups is 1. The van der Waals surface area contributed by atoms with E-state index in [1.165, 1.54) is 34.1 Å². The Hall–Kier alpha value is -1.81. The van der Waals surface area contributed by atoms with Crippen LogP contribution in [0.5, 0.6) is 0 Å². The fourth-order valence-electron chi connectivity index (χ4n) is 3.91. The van der Waals surface area contributed by atoms with Crippen LogP contribution in [0.15, 0.2) is 41.0 Å². The molecule has 0 bridgehead atoms. The van der Waals surface area contributed by atoms with Crippen LogP contribution in [0.4, 0.5) is 0 Å². The van der Waals surface area contributed by atoms with Crippen molar-refractivity contribution in [2.75, 3.05) is 6.54 Å². The molecule has 1 aromatic carbocycles. The molecule has 2 aromatic rings. The predicted molar refractivity (Wildman–Crippen MR) is 99.8 cm³/mol. The Kier molecular flexibility index (Phi) is 3.87. The normalized spacial score (nSPS) is 25.2. The lowest BCUT2D eigenvalue weighted by Gasteiger charge is -2.44. The number of thiophene rings is 1. The third-order valence-electron chi connectivity index (χ3n) is 5.40. The maximum atomic E-state index is 12.9. The SMILES string of the molecule is CC1=C2N[C@](C)(c3ccc4sccc4c3)CC(=O)N2CCCCC1. The smallest absolute Gasteiger partial charge is 0.230 e. The van der Waals surface area contributed by atoms with Gasteiger partial charge >= 0.3 is 0 Å². The molecule has 1 aromatic heterocycles. The van der Waals surface area contributed by atoms with Crippen LogP contribution < -0.4 is 5.32 Å². The molecule has 1 atom stereocenters. The number of carbonyl (C=O) groups excluding carboxylic acids is 1. The Labute approximate surface area is 147 Å². The number of hydrogen-bond acceptors (Lipinski definition) is 3. The van der Waals surface area contributed by atoms with E-state index in [9.17, 15) is 4.79 Å². The van der Waals surface area contributed by atoms with Gasteiger partial charge in [-0.25, -0.2) is 0 Å². The van der Waals surface area contributed by atoms with Crippen molar-refractivity contribution in [2.45, 2.75) is 51.5 Å². The third kappa shape index (κ3) is 2.63. The number of fused-ring (bicyclic) bond motifs is 2. The highest BCUT2D eigenvalue weighted by Crippen LogP contribution is 2.36. The highest BCUT2D eigenvalue weighted by molar-refractivity contribution is 7.17. The predicted octanol–water partition coefficient (Wildman–Crippen LogP) is 4.74. The Balaban J connectivity index is 1.75. The summed E-state index contributed by atoms with van der Waals surface area (Å²) in [6, 6.07) is 8.75. The van der Waals surface area contributed by atoms with E-state index in [1.807, 2.05) is 4.90 Å². The summed E-state index contributed by atoms with van der Waals surface area (Å²) in [5.41, 5.74) is 2.17. The van der Waals surface area contributed by atoms with Crippen molar-refractivity contribution in [1.29, 1.82) is 0 Å². The highest BCUT2D eigenvalue weighted by atomic mass is 32.1. The number of hydrogen-bond donors (Lipinski definition) is 1. The topological polar surface area (TPSA) is 32.3 Å². The molecular weight excluding hydrogens is 316 g/mol. The van der Waals surface area contributed by atoms with E-state index in [1.54, 1.807) is 11.3 Å². The summed E-state index contributed by atoms with van der Waals surface area (Å²) in [6.07, 6.45) is 5.12. The fourth-order valence-corrected chi connectivity index (χ4v) is 4.68. The molecule has 0 aliphatic carbocycles. The molecule has 0 saturated carbocycles. The van der Waals surface area contributed by atoms with Crippen molar-refractivity contribution in [1.82, 2.24) is 10.2 Å². The zero-order valence-electron chi connectivity index (χ0n) is 14.4. The molecule has 4 heteroatoms. The van der Waals surface area contributed by atoms with E-state index < -0.39 is 0 Å². The van der Waals surface area contributed by atoms with Crippen LogP contribution in [0.25, 0.3) is 10.1 Å². The zero-order chi connectivity index (χ0) is 16.7. The van der Waals surface area contributed by atoms with Gasteiger partial charge in [0.05, 0.1) is 12.0 Å². The lowest BCUT2D eigenvalue weighted by molar-refractivity contribution is -0.134. The van der Waals surface area contributed by atoms with Crippen LogP contribution in [0.3, 0.4) is 0 Å². The number of benzene rings is 1. The monoisotopic (exact) mass is 340 g/mol. The minimum atomic E-state index is -0.334. The van der Waals surface area contributed by atoms with Crippen LogP contribution in [-0.4, -0.2) is 17.4 Å². The average Bonchev–Trinajstić information content (AvgIpc) is 3.01. The van der Waals surface area contributed by atoms with Gasteiger partial charge in [-0.05, 0) is 73.2 Å². The van der Waals surface area contributed by atoms with Crippen molar-refractivity contribution >= 4 is 27.3 Å². The minimum absolute atomic E-state index is 0.248. The van der Waals surface area contributed by atoms with Gasteiger partial charge in [0.2, 0.25) is 5.91 Å². The Morgan fingerprint density at radius 1 is 1.21 bits per heavy atom. The first kappa shape index (κ1) is 15.7. The maximum absolute atomic E-state index is 12.9. The maximum Gasteiger partial charge on any atom is 0.230 e. The quantitative estimate of drug-likeness (QED) is 0.813. The zero-order valence-corrected chi connectivity index (χ0v) is 15.2. The number of nitrogens with one attached hydrogen (secondary N) is 1. The number of rotatable bonds is 1. The van der Waals surface area contributed by atoms with Gasteiger partial charge in [-0.3, -0.25) is 9.69 Å². The van der Waals surface area contributed by atoms with E-state index in [0.29, 0.717) is 6.42 Å². The molecule has 126 valence electrons. The molecule has 1 saturated heterocycles. The van der Waals surface area contributed by atoms with E-state index in [0.717, 1.165) is 25.2 Å². The van der Waals surface area contributed by atoms with Crippen molar-refractivity contribution in [3.8, 4) is 0 Å². The summed E-state index contributed by atoms with van der Waals surface area (Å²) in [4.78, 5) is 14.9. The van der Waals surface area contributed by atoms with Gasteiger partial charge in [0.25, 0.3) is 0 Å². The summed E-state index contributed by atoms with van der Waals surface area (Å²) in [5, 5.41) is 7.13. The molecule has 4 rings (SSSR count). The molecular formula is C20H24N2OS. The second kappa shape index (κ2) is 5.92. The van der Waals surface area contributed by atoms with Gasteiger partial charge in [-0.15, -0.1) is 11.3 Å². The lowest BCUT2D eigenvalue weighted by atomic mass is 9.85. The molecule has 1 amide bonds. The molecule has 24 heavy (non-hydrogen) atoms. The van der Waals surface area contributed by atoms with E-state index in [4.69, 9.17) is 0 Å². The van der Waals surface area contributed by atoms with Crippen molar-refractivity contribution < 1.29 is 4.79 Å². The average molecular weight is 340 g/mol. The van der Waals surface area contributed by atoms with Crippen molar-refractivity contribution in [3.63, 3.8) is 0 Å². The fraction of sp³-hybridized carbons (Fsp3) is 0.450. The first-order chi connectivity index (χ1) is 11.6. The third-order valence-corrected chi connectivity index (χ3v) is 6.30. The van der Waals surface area contributed by atoms with E-state index in [2.05, 4.69) is 48.8 Å². The van der Waals surface area contributed by atoms with Gasteiger partial charge in [0.15, 0.2) is 0 Å².